The third-order valence-electron chi connectivity index (χ3n) is 4.01. The zero-order chi connectivity index (χ0) is 16.5. The minimum absolute atomic E-state index is 0.137. The third kappa shape index (κ3) is 2.67. The maximum atomic E-state index is 12.2. The van der Waals surface area contributed by atoms with Crippen LogP contribution in [0, 0.1) is 0 Å². The van der Waals surface area contributed by atoms with E-state index < -0.39 is 0 Å². The van der Waals surface area contributed by atoms with Gasteiger partial charge in [-0.2, -0.15) is 0 Å². The van der Waals surface area contributed by atoms with Crippen molar-refractivity contribution in [3.05, 3.63) is 58.9 Å². The van der Waals surface area contributed by atoms with Crippen molar-refractivity contribution in [3.8, 4) is 11.5 Å². The molecule has 2 heterocycles. The van der Waals surface area contributed by atoms with Crippen molar-refractivity contribution in [1.29, 1.82) is 0 Å². The van der Waals surface area contributed by atoms with Crippen LogP contribution in [0.15, 0.2) is 53.3 Å². The number of anilines is 1. The first kappa shape index (κ1) is 14.6. The molecule has 0 radical (unpaired) electrons. The second kappa shape index (κ2) is 5.88. The Bertz CT molecular complexity index is 938. The van der Waals surface area contributed by atoms with Crippen LogP contribution >= 0.6 is 0 Å². The molecular weight excluding hydrogens is 306 g/mol. The van der Waals surface area contributed by atoms with Crippen LogP contribution in [0.3, 0.4) is 0 Å². The largest absolute Gasteiger partial charge is 0.486 e. The lowest BCUT2D eigenvalue weighted by molar-refractivity contribution is 0.0958. The van der Waals surface area contributed by atoms with Crippen molar-refractivity contribution in [2.45, 2.75) is 6.10 Å². The number of hydrogen-bond donors (Lipinski definition) is 1. The van der Waals surface area contributed by atoms with E-state index in [-0.39, 0.29) is 11.7 Å². The van der Waals surface area contributed by atoms with Gasteiger partial charge in [0.25, 0.3) is 5.56 Å². The molecule has 1 unspecified atom stereocenters. The molecule has 2 aromatic carbocycles. The number of benzene rings is 2. The number of nitrogens with zero attached hydrogens (tertiary/aromatic N) is 2. The smallest absolute Gasteiger partial charge is 0.260 e. The Morgan fingerprint density at radius 2 is 1.92 bits per heavy atom. The van der Waals surface area contributed by atoms with E-state index in [4.69, 9.17) is 9.47 Å². The van der Waals surface area contributed by atoms with Gasteiger partial charge in [-0.1, -0.05) is 24.3 Å². The minimum atomic E-state index is -0.145. The lowest BCUT2D eigenvalue weighted by Gasteiger charge is -2.29. The van der Waals surface area contributed by atoms with Crippen molar-refractivity contribution in [1.82, 2.24) is 9.97 Å². The van der Waals surface area contributed by atoms with E-state index in [1.807, 2.05) is 54.4 Å². The first-order valence-corrected chi connectivity index (χ1v) is 7.79. The van der Waals surface area contributed by atoms with Crippen LogP contribution in [0.25, 0.3) is 10.9 Å². The molecule has 122 valence electrons. The second-order valence-corrected chi connectivity index (χ2v) is 5.78. The summed E-state index contributed by atoms with van der Waals surface area (Å²) in [5.74, 6) is 2.01. The molecule has 1 N–H and O–H groups in total. The zero-order valence-corrected chi connectivity index (χ0v) is 13.2. The quantitative estimate of drug-likeness (QED) is 0.800. The van der Waals surface area contributed by atoms with E-state index in [1.165, 1.54) is 0 Å². The maximum absolute atomic E-state index is 12.2. The van der Waals surface area contributed by atoms with Gasteiger partial charge in [-0.25, -0.2) is 4.98 Å². The molecule has 0 saturated heterocycles. The Morgan fingerprint density at radius 1 is 1.17 bits per heavy atom. The van der Waals surface area contributed by atoms with Crippen molar-refractivity contribution < 1.29 is 9.47 Å². The summed E-state index contributed by atoms with van der Waals surface area (Å²) in [7, 11) is 1.87. The molecule has 0 bridgehead atoms. The molecule has 3 aromatic rings. The molecule has 0 spiro atoms. The van der Waals surface area contributed by atoms with Crippen LogP contribution in [-0.4, -0.2) is 36.3 Å². The summed E-state index contributed by atoms with van der Waals surface area (Å²) in [5.41, 5.74) is 0.530. The van der Waals surface area contributed by atoms with E-state index in [0.717, 1.165) is 11.5 Å². The molecule has 6 heteroatoms. The fraction of sp³-hybridized carbons (Fsp3) is 0.222. The predicted octanol–water partition coefficient (Wildman–Crippen LogP) is 2.20. The molecule has 0 aliphatic carbocycles. The van der Waals surface area contributed by atoms with Gasteiger partial charge in [0.05, 0.1) is 17.4 Å². The van der Waals surface area contributed by atoms with E-state index in [2.05, 4.69) is 9.97 Å². The summed E-state index contributed by atoms with van der Waals surface area (Å²) < 4.78 is 11.7. The normalized spacial score (nSPS) is 16.1. The molecule has 1 atom stereocenters. The van der Waals surface area contributed by atoms with Gasteiger partial charge < -0.3 is 14.4 Å². The second-order valence-electron chi connectivity index (χ2n) is 5.78. The fourth-order valence-corrected chi connectivity index (χ4v) is 2.80. The Labute approximate surface area is 138 Å². The van der Waals surface area contributed by atoms with Gasteiger partial charge in [-0.3, -0.25) is 9.78 Å². The Kier molecular flexibility index (Phi) is 3.57. The summed E-state index contributed by atoms with van der Waals surface area (Å²) in [5, 5.41) is 0.584. The van der Waals surface area contributed by atoms with Crippen molar-refractivity contribution in [2.75, 3.05) is 25.1 Å². The summed E-state index contributed by atoms with van der Waals surface area (Å²) >= 11 is 0. The zero-order valence-electron chi connectivity index (χ0n) is 13.2. The molecule has 1 aromatic heterocycles. The van der Waals surface area contributed by atoms with E-state index >= 15 is 0 Å². The first-order chi connectivity index (χ1) is 11.7. The lowest BCUT2D eigenvalue weighted by Crippen LogP contribution is -2.40. The highest BCUT2D eigenvalue weighted by atomic mass is 16.6. The predicted molar refractivity (Wildman–Crippen MR) is 92.0 cm³/mol. The monoisotopic (exact) mass is 323 g/mol. The van der Waals surface area contributed by atoms with E-state index in [1.54, 1.807) is 6.07 Å². The molecular formula is C18H17N3O3. The molecule has 4 rings (SSSR count). The molecule has 0 amide bonds. The highest BCUT2D eigenvalue weighted by molar-refractivity contribution is 5.78. The Hall–Kier alpha value is -3.02. The Balaban J connectivity index is 1.55. The average Bonchev–Trinajstić information content (AvgIpc) is 2.61. The highest BCUT2D eigenvalue weighted by Gasteiger charge is 2.22. The van der Waals surface area contributed by atoms with Gasteiger partial charge in [0, 0.05) is 7.05 Å². The summed E-state index contributed by atoms with van der Waals surface area (Å²) in [6.45, 7) is 1.01. The first-order valence-electron chi connectivity index (χ1n) is 7.79. The van der Waals surface area contributed by atoms with Crippen LogP contribution < -0.4 is 19.9 Å². The summed E-state index contributed by atoms with van der Waals surface area (Å²) in [6, 6.07) is 14.9. The topological polar surface area (TPSA) is 67.5 Å². The summed E-state index contributed by atoms with van der Waals surface area (Å²) in [4.78, 5) is 21.4. The number of aromatic nitrogens is 2. The van der Waals surface area contributed by atoms with Crippen LogP contribution in [0.1, 0.15) is 0 Å². The van der Waals surface area contributed by atoms with Crippen molar-refractivity contribution >= 4 is 16.9 Å². The number of aromatic amines is 1. The number of H-pyrrole nitrogens is 1. The van der Waals surface area contributed by atoms with Gasteiger partial charge in [0.15, 0.2) is 17.6 Å². The summed E-state index contributed by atoms with van der Waals surface area (Å²) in [6.07, 6.45) is -0.137. The number of likely N-dealkylation sites (N-methyl/N-ethyl adjacent to an activating group) is 1. The fourth-order valence-electron chi connectivity index (χ4n) is 2.80. The van der Waals surface area contributed by atoms with E-state index in [0.29, 0.717) is 30.0 Å². The SMILES string of the molecule is CN(CC1COc2ccccc2O1)c1nc2ccccc2c(=O)[nH]1. The average molecular weight is 323 g/mol. The van der Waals surface area contributed by atoms with Crippen molar-refractivity contribution in [2.24, 2.45) is 0 Å². The Morgan fingerprint density at radius 3 is 2.79 bits per heavy atom. The standard InChI is InChI=1S/C18H17N3O3/c1-21(10-12-11-23-15-8-4-5-9-16(15)24-12)18-19-14-7-3-2-6-13(14)17(22)20-18/h2-9,12H,10-11H2,1H3,(H,19,20,22). The molecule has 24 heavy (non-hydrogen) atoms. The van der Waals surface area contributed by atoms with Gasteiger partial charge in [-0.15, -0.1) is 0 Å². The van der Waals surface area contributed by atoms with Gasteiger partial charge in [0.2, 0.25) is 5.95 Å². The van der Waals surface area contributed by atoms with Crippen LogP contribution in [0.2, 0.25) is 0 Å². The third-order valence-corrected chi connectivity index (χ3v) is 4.01. The number of para-hydroxylation sites is 3. The molecule has 6 nitrogen and oxygen atoms in total. The van der Waals surface area contributed by atoms with Crippen LogP contribution in [-0.2, 0) is 0 Å². The molecule has 1 aliphatic heterocycles. The molecule has 0 fully saturated rings. The molecule has 0 saturated carbocycles. The van der Waals surface area contributed by atoms with Crippen molar-refractivity contribution in [3.63, 3.8) is 0 Å². The molecule has 1 aliphatic rings. The maximum Gasteiger partial charge on any atom is 0.260 e. The number of nitrogens with one attached hydrogen (secondary N) is 1. The minimum Gasteiger partial charge on any atom is -0.486 e. The van der Waals surface area contributed by atoms with Gasteiger partial charge >= 0.3 is 0 Å². The lowest BCUT2D eigenvalue weighted by atomic mass is 10.2. The number of hydrogen-bond acceptors (Lipinski definition) is 5. The number of rotatable bonds is 3. The van der Waals surface area contributed by atoms with E-state index in [9.17, 15) is 4.79 Å². The highest BCUT2D eigenvalue weighted by Crippen LogP contribution is 2.31. The van der Waals surface area contributed by atoms with Crippen LogP contribution in [0.4, 0.5) is 5.95 Å². The van der Waals surface area contributed by atoms with Gasteiger partial charge in [0.1, 0.15) is 6.61 Å². The van der Waals surface area contributed by atoms with Gasteiger partial charge in [-0.05, 0) is 24.3 Å². The number of ether oxygens (including phenoxy) is 2. The number of fused-ring (bicyclic) bond motifs is 2. The van der Waals surface area contributed by atoms with Crippen LogP contribution in [0.5, 0.6) is 11.5 Å².